The molecular weight excluding hydrogens is 386 g/mol. The number of rotatable bonds is 6. The summed E-state index contributed by atoms with van der Waals surface area (Å²) in [5.74, 6) is -0.303. The van der Waals surface area contributed by atoms with E-state index in [4.69, 9.17) is 0 Å². The Morgan fingerprint density at radius 3 is 2.23 bits per heavy atom. The summed E-state index contributed by atoms with van der Waals surface area (Å²) in [5.41, 5.74) is 5.13. The molecule has 2 amide bonds. The van der Waals surface area contributed by atoms with Gasteiger partial charge in [-0.25, -0.2) is 0 Å². The van der Waals surface area contributed by atoms with Gasteiger partial charge in [0.2, 0.25) is 0 Å². The molecule has 0 fully saturated rings. The van der Waals surface area contributed by atoms with E-state index < -0.39 is 0 Å². The van der Waals surface area contributed by atoms with Crippen molar-refractivity contribution < 1.29 is 9.59 Å². The zero-order chi connectivity index (χ0) is 21.4. The van der Waals surface area contributed by atoms with Gasteiger partial charge < -0.3 is 4.57 Å². The molecule has 2 aliphatic heterocycles. The number of nitrogens with zero attached hydrogens (tertiary/aromatic N) is 3. The predicted molar refractivity (Wildman–Crippen MR) is 123 cm³/mol. The van der Waals surface area contributed by atoms with E-state index in [0.29, 0.717) is 17.7 Å². The number of unbranched alkanes of at least 4 members (excludes halogenated alkanes) is 1. The highest BCUT2D eigenvalue weighted by Crippen LogP contribution is 2.30. The first-order chi connectivity index (χ1) is 15.1. The maximum atomic E-state index is 12.5. The molecule has 1 aromatic heterocycles. The molecule has 0 radical (unpaired) electrons. The zero-order valence-electron chi connectivity index (χ0n) is 17.9. The second-order valence-electron chi connectivity index (χ2n) is 8.47. The number of aromatic nitrogens is 1. The lowest BCUT2D eigenvalue weighted by atomic mass is 9.99. The first-order valence-electron chi connectivity index (χ1n) is 11.0. The molecule has 0 aliphatic carbocycles. The monoisotopic (exact) mass is 413 g/mol. The third-order valence-electron chi connectivity index (χ3n) is 6.52. The number of benzene rings is 2. The fraction of sp³-hybridized carbons (Fsp3) is 0.308. The smallest absolute Gasteiger partial charge is 0.261 e. The summed E-state index contributed by atoms with van der Waals surface area (Å²) in [4.78, 5) is 28.8. The van der Waals surface area contributed by atoms with Crippen molar-refractivity contribution in [2.75, 3.05) is 26.2 Å². The molecular formula is C26H27N3O2. The van der Waals surface area contributed by atoms with Gasteiger partial charge in [0.05, 0.1) is 11.1 Å². The Bertz CT molecular complexity index is 1160. The van der Waals surface area contributed by atoms with Crippen LogP contribution in [0.4, 0.5) is 0 Å². The van der Waals surface area contributed by atoms with Crippen molar-refractivity contribution in [1.82, 2.24) is 14.4 Å². The van der Waals surface area contributed by atoms with Crippen LogP contribution < -0.4 is 0 Å². The molecule has 31 heavy (non-hydrogen) atoms. The lowest BCUT2D eigenvalue weighted by Crippen LogP contribution is -2.32. The topological polar surface area (TPSA) is 45.5 Å². The normalized spacial score (nSPS) is 16.8. The molecule has 0 atom stereocenters. The van der Waals surface area contributed by atoms with E-state index in [-0.39, 0.29) is 11.8 Å². The van der Waals surface area contributed by atoms with Crippen LogP contribution in [0.25, 0.3) is 16.5 Å². The summed E-state index contributed by atoms with van der Waals surface area (Å²) < 4.78 is 2.21. The van der Waals surface area contributed by atoms with E-state index >= 15 is 0 Å². The van der Waals surface area contributed by atoms with E-state index in [9.17, 15) is 9.59 Å². The minimum Gasteiger partial charge on any atom is -0.350 e. The lowest BCUT2D eigenvalue weighted by Gasteiger charge is -2.26. The molecule has 0 saturated carbocycles. The van der Waals surface area contributed by atoms with Gasteiger partial charge >= 0.3 is 0 Å². The summed E-state index contributed by atoms with van der Waals surface area (Å²) in [6, 6.07) is 15.7. The Balaban J connectivity index is 1.14. The Labute approximate surface area is 182 Å². The molecule has 3 aromatic rings. The fourth-order valence-electron chi connectivity index (χ4n) is 4.80. The number of carbonyl (C=O) groups is 2. The van der Waals surface area contributed by atoms with Crippen LogP contribution in [0.5, 0.6) is 0 Å². The summed E-state index contributed by atoms with van der Waals surface area (Å²) in [6.07, 6.45) is 7.46. The molecule has 0 saturated heterocycles. The number of carbonyl (C=O) groups excluding carboxylic acids is 2. The quantitative estimate of drug-likeness (QED) is 0.446. The predicted octanol–water partition coefficient (Wildman–Crippen LogP) is 4.34. The van der Waals surface area contributed by atoms with Crippen LogP contribution in [0.3, 0.4) is 0 Å². The highest BCUT2D eigenvalue weighted by atomic mass is 16.2. The highest BCUT2D eigenvalue weighted by Gasteiger charge is 2.34. The molecule has 5 rings (SSSR count). The standard InChI is InChI=1S/C26H27N3O2/c1-27-18-23(20-8-4-5-11-24(20)27)19-12-16-28(17-13-19)14-6-7-15-29-25(30)21-9-2-3-10-22(21)26(29)31/h2-5,8-12,18H,6-7,13-17H2,1H3. The lowest BCUT2D eigenvalue weighted by molar-refractivity contribution is 0.0650. The minimum absolute atomic E-state index is 0.152. The van der Waals surface area contributed by atoms with Crippen molar-refractivity contribution >= 4 is 28.3 Å². The van der Waals surface area contributed by atoms with E-state index in [1.165, 1.54) is 26.9 Å². The Morgan fingerprint density at radius 1 is 0.839 bits per heavy atom. The van der Waals surface area contributed by atoms with Crippen LogP contribution in [0.15, 0.2) is 60.8 Å². The summed E-state index contributed by atoms with van der Waals surface area (Å²) in [6.45, 7) is 3.48. The van der Waals surface area contributed by atoms with Crippen molar-refractivity contribution in [1.29, 1.82) is 0 Å². The number of hydrogen-bond acceptors (Lipinski definition) is 3. The average Bonchev–Trinajstić information content (AvgIpc) is 3.27. The zero-order valence-corrected chi connectivity index (χ0v) is 17.9. The van der Waals surface area contributed by atoms with Crippen LogP contribution in [0.1, 0.15) is 45.5 Å². The molecule has 3 heterocycles. The summed E-state index contributed by atoms with van der Waals surface area (Å²) in [5, 5.41) is 1.32. The van der Waals surface area contributed by atoms with Gasteiger partial charge in [0.15, 0.2) is 0 Å². The largest absolute Gasteiger partial charge is 0.350 e. The van der Waals surface area contributed by atoms with Crippen LogP contribution >= 0.6 is 0 Å². The SMILES string of the molecule is Cn1cc(C2=CCN(CCCCN3C(=O)c4ccccc4C3=O)CC2)c2ccccc21. The molecule has 0 N–H and O–H groups in total. The minimum atomic E-state index is -0.152. The van der Waals surface area contributed by atoms with Gasteiger partial charge in [-0.05, 0) is 49.6 Å². The van der Waals surface area contributed by atoms with E-state index in [0.717, 1.165) is 38.9 Å². The molecule has 0 spiro atoms. The summed E-state index contributed by atoms with van der Waals surface area (Å²) >= 11 is 0. The van der Waals surface area contributed by atoms with Crippen molar-refractivity contribution in [3.8, 4) is 0 Å². The van der Waals surface area contributed by atoms with Gasteiger partial charge in [-0.1, -0.05) is 36.4 Å². The average molecular weight is 414 g/mol. The van der Waals surface area contributed by atoms with Crippen LogP contribution in [-0.4, -0.2) is 52.4 Å². The number of fused-ring (bicyclic) bond motifs is 2. The third kappa shape index (κ3) is 3.59. The Kier molecular flexibility index (Phi) is 5.20. The molecule has 158 valence electrons. The molecule has 0 unspecified atom stereocenters. The van der Waals surface area contributed by atoms with Crippen LogP contribution in [0.2, 0.25) is 0 Å². The molecule has 5 heteroatoms. The number of hydrogen-bond donors (Lipinski definition) is 0. The second kappa shape index (κ2) is 8.16. The van der Waals surface area contributed by atoms with Gasteiger partial charge in [-0.3, -0.25) is 19.4 Å². The molecule has 0 bridgehead atoms. The maximum Gasteiger partial charge on any atom is 0.261 e. The van der Waals surface area contributed by atoms with Crippen LogP contribution in [0, 0.1) is 0 Å². The first-order valence-corrected chi connectivity index (χ1v) is 11.0. The van der Waals surface area contributed by atoms with E-state index in [2.05, 4.69) is 53.1 Å². The summed E-state index contributed by atoms with van der Waals surface area (Å²) in [7, 11) is 2.11. The third-order valence-corrected chi connectivity index (χ3v) is 6.52. The molecule has 5 nitrogen and oxygen atoms in total. The van der Waals surface area contributed by atoms with Crippen molar-refractivity contribution in [2.24, 2.45) is 7.05 Å². The number of amides is 2. The van der Waals surface area contributed by atoms with Gasteiger partial charge in [0, 0.05) is 49.3 Å². The molecule has 2 aromatic carbocycles. The van der Waals surface area contributed by atoms with E-state index in [1.54, 1.807) is 12.1 Å². The van der Waals surface area contributed by atoms with Crippen molar-refractivity contribution in [3.05, 3.63) is 77.5 Å². The van der Waals surface area contributed by atoms with Crippen molar-refractivity contribution in [3.63, 3.8) is 0 Å². The Morgan fingerprint density at radius 2 is 1.52 bits per heavy atom. The van der Waals surface area contributed by atoms with Gasteiger partial charge in [0.25, 0.3) is 11.8 Å². The first kappa shape index (κ1) is 19.8. The van der Waals surface area contributed by atoms with Gasteiger partial charge in [-0.15, -0.1) is 0 Å². The second-order valence-corrected chi connectivity index (χ2v) is 8.47. The van der Waals surface area contributed by atoms with E-state index in [1.807, 2.05) is 12.1 Å². The number of imide groups is 1. The number of aryl methyl sites for hydroxylation is 1. The van der Waals surface area contributed by atoms with Gasteiger partial charge in [0.1, 0.15) is 0 Å². The van der Waals surface area contributed by atoms with Crippen molar-refractivity contribution in [2.45, 2.75) is 19.3 Å². The maximum absolute atomic E-state index is 12.5. The highest BCUT2D eigenvalue weighted by molar-refractivity contribution is 6.21. The molecule has 2 aliphatic rings. The van der Waals surface area contributed by atoms with Gasteiger partial charge in [-0.2, -0.15) is 0 Å². The fourth-order valence-corrected chi connectivity index (χ4v) is 4.80. The Hall–Kier alpha value is -3.18. The van der Waals surface area contributed by atoms with Crippen LogP contribution in [-0.2, 0) is 7.05 Å². The number of para-hydroxylation sites is 1.